The molecule has 0 saturated carbocycles. The number of allylic oxidation sites excluding steroid dienone is 1. The number of hydrogen-bond acceptors (Lipinski definition) is 0. The van der Waals surface area contributed by atoms with Crippen LogP contribution in [0.1, 0.15) is 20.8 Å². The van der Waals surface area contributed by atoms with E-state index >= 15 is 0 Å². The van der Waals surface area contributed by atoms with Gasteiger partial charge in [0, 0.05) is 0 Å². The van der Waals surface area contributed by atoms with E-state index in [1.807, 2.05) is 6.08 Å². The summed E-state index contributed by atoms with van der Waals surface area (Å²) in [6, 6.07) is 21.8. The summed E-state index contributed by atoms with van der Waals surface area (Å²) < 4.78 is 0. The minimum atomic E-state index is -1.99. The van der Waals surface area contributed by atoms with E-state index in [0.717, 1.165) is 0 Å². The summed E-state index contributed by atoms with van der Waals surface area (Å²) in [7, 11) is -1.99. The molecule has 0 N–H and O–H groups in total. The molecule has 0 unspecified atom stereocenters. The fourth-order valence-electron chi connectivity index (χ4n) is 3.05. The molecule has 0 aliphatic rings. The van der Waals surface area contributed by atoms with Crippen molar-refractivity contribution in [3.05, 3.63) is 79.4 Å². The summed E-state index contributed by atoms with van der Waals surface area (Å²) in [5.74, 6) is 0. The van der Waals surface area contributed by atoms with Gasteiger partial charge in [-0.05, 0) is 5.04 Å². The first kappa shape index (κ1) is 17.9. The fraction of sp³-hybridized carbons (Fsp3) is 0.211. The van der Waals surface area contributed by atoms with Crippen LogP contribution in [-0.4, -0.2) is 8.07 Å². The van der Waals surface area contributed by atoms with Crippen LogP contribution in [0, 0.1) is 6.92 Å². The van der Waals surface area contributed by atoms with Gasteiger partial charge in [0.15, 0.2) is 0 Å². The second-order valence-corrected chi connectivity index (χ2v) is 10.8. The van der Waals surface area contributed by atoms with E-state index in [2.05, 4.69) is 94.1 Å². The van der Waals surface area contributed by atoms with Crippen LogP contribution in [0.2, 0.25) is 5.04 Å². The summed E-state index contributed by atoms with van der Waals surface area (Å²) in [5.41, 5.74) is 2.37. The van der Waals surface area contributed by atoms with Crippen LogP contribution in [0.4, 0.5) is 0 Å². The zero-order chi connectivity index (χ0) is 14.6. The SMILES string of the molecule is [CH2-]/C=C/[Si](c1ccccc1)(c1ccccc1)C(C)(C)C.[Li+]. The Hall–Kier alpha value is -1.14. The molecule has 2 heteroatoms. The van der Waals surface area contributed by atoms with Crippen molar-refractivity contribution >= 4 is 18.4 Å². The largest absolute Gasteiger partial charge is 1.00 e. The fourth-order valence-corrected chi connectivity index (χ4v) is 7.79. The van der Waals surface area contributed by atoms with Gasteiger partial charge in [0.1, 0.15) is 0 Å². The molecule has 0 bridgehead atoms. The van der Waals surface area contributed by atoms with Gasteiger partial charge in [-0.15, -0.1) is 0 Å². The van der Waals surface area contributed by atoms with Crippen molar-refractivity contribution in [1.82, 2.24) is 0 Å². The smallest absolute Gasteiger partial charge is 0.245 e. The van der Waals surface area contributed by atoms with E-state index in [0.29, 0.717) is 0 Å². The summed E-state index contributed by atoms with van der Waals surface area (Å²) >= 11 is 0. The van der Waals surface area contributed by atoms with Crippen molar-refractivity contribution in [2.45, 2.75) is 25.8 Å². The van der Waals surface area contributed by atoms with E-state index in [1.165, 1.54) is 10.4 Å². The Labute approximate surface area is 142 Å². The number of rotatable bonds is 3. The Bertz CT molecular complexity index is 528. The Morgan fingerprint density at radius 2 is 1.19 bits per heavy atom. The van der Waals surface area contributed by atoms with Gasteiger partial charge in [0.2, 0.25) is 0 Å². The van der Waals surface area contributed by atoms with Gasteiger partial charge in [-0.25, -0.2) is 18.7 Å². The molecule has 0 fully saturated rings. The van der Waals surface area contributed by atoms with Crippen LogP contribution in [0.15, 0.2) is 72.4 Å². The Kier molecular flexibility index (Phi) is 6.16. The van der Waals surface area contributed by atoms with Crippen molar-refractivity contribution in [2.24, 2.45) is 0 Å². The van der Waals surface area contributed by atoms with Gasteiger partial charge in [-0.1, -0.05) is 91.8 Å². The molecule has 0 radical (unpaired) electrons. The number of benzene rings is 2. The Balaban J connectivity index is 0.00000220. The third-order valence-corrected chi connectivity index (χ3v) is 9.60. The monoisotopic (exact) mass is 286 g/mol. The zero-order valence-corrected chi connectivity index (χ0v) is 14.6. The van der Waals surface area contributed by atoms with Crippen LogP contribution < -0.4 is 29.2 Å². The first-order valence-corrected chi connectivity index (χ1v) is 9.18. The quantitative estimate of drug-likeness (QED) is 0.583. The maximum absolute atomic E-state index is 3.99. The molecule has 0 aliphatic carbocycles. The van der Waals surface area contributed by atoms with Gasteiger partial charge in [0.05, 0.1) is 8.07 Å². The molecule has 0 nitrogen and oxygen atoms in total. The van der Waals surface area contributed by atoms with E-state index in [4.69, 9.17) is 0 Å². The molecular weight excluding hydrogens is 263 g/mol. The van der Waals surface area contributed by atoms with E-state index in [9.17, 15) is 0 Å². The normalized spacial score (nSPS) is 12.1. The molecule has 0 aromatic heterocycles. The standard InChI is InChI=1S/C19H23Si.Li/c1-5-16-20(19(2,3)4,17-12-8-6-9-13-17)18-14-10-7-11-15-18;/h5-16H,1H2,2-4H3;/q-1;+1/b16-5+;. The summed E-state index contributed by atoms with van der Waals surface area (Å²) in [4.78, 5) is 0. The average Bonchev–Trinajstić information content (AvgIpc) is 2.45. The van der Waals surface area contributed by atoms with Crippen LogP contribution in [0.5, 0.6) is 0 Å². The third-order valence-electron chi connectivity index (χ3n) is 4.01. The third kappa shape index (κ3) is 3.38. The predicted octanol–water partition coefficient (Wildman–Crippen LogP) is 0.983. The summed E-state index contributed by atoms with van der Waals surface area (Å²) in [6.45, 7) is 11.0. The first-order valence-electron chi connectivity index (χ1n) is 7.10. The second kappa shape index (κ2) is 7.23. The Morgan fingerprint density at radius 3 is 1.48 bits per heavy atom. The van der Waals surface area contributed by atoms with E-state index in [-0.39, 0.29) is 23.9 Å². The average molecular weight is 286 g/mol. The van der Waals surface area contributed by atoms with Crippen molar-refractivity contribution in [1.29, 1.82) is 0 Å². The minimum absolute atomic E-state index is 0. The second-order valence-electron chi connectivity index (χ2n) is 6.19. The minimum Gasteiger partial charge on any atom is -0.245 e. The molecule has 0 aliphatic heterocycles. The topological polar surface area (TPSA) is 0 Å². The first-order chi connectivity index (χ1) is 9.52. The van der Waals surface area contributed by atoms with Gasteiger partial charge in [-0.2, -0.15) is 0 Å². The Morgan fingerprint density at radius 1 is 0.810 bits per heavy atom. The zero-order valence-electron chi connectivity index (χ0n) is 13.6. The van der Waals surface area contributed by atoms with E-state index in [1.54, 1.807) is 0 Å². The van der Waals surface area contributed by atoms with E-state index < -0.39 is 8.07 Å². The maximum atomic E-state index is 3.99. The molecule has 21 heavy (non-hydrogen) atoms. The maximum Gasteiger partial charge on any atom is 1.00 e. The van der Waals surface area contributed by atoms with Crippen molar-refractivity contribution in [3.63, 3.8) is 0 Å². The van der Waals surface area contributed by atoms with Gasteiger partial charge in [0.25, 0.3) is 0 Å². The van der Waals surface area contributed by atoms with Crippen molar-refractivity contribution < 1.29 is 18.9 Å². The molecule has 0 amide bonds. The van der Waals surface area contributed by atoms with Crippen LogP contribution in [-0.2, 0) is 0 Å². The van der Waals surface area contributed by atoms with Gasteiger partial charge >= 0.3 is 18.9 Å². The van der Waals surface area contributed by atoms with Gasteiger partial charge < -0.3 is 0 Å². The molecule has 0 spiro atoms. The molecule has 0 atom stereocenters. The van der Waals surface area contributed by atoms with Gasteiger partial charge in [-0.3, -0.25) is 0 Å². The predicted molar refractivity (Wildman–Crippen MR) is 92.1 cm³/mol. The summed E-state index contributed by atoms with van der Waals surface area (Å²) in [6.07, 6.45) is 1.98. The molecular formula is C19H23LiSi. The molecule has 2 rings (SSSR count). The van der Waals surface area contributed by atoms with Crippen LogP contribution in [0.25, 0.3) is 0 Å². The number of hydrogen-bond donors (Lipinski definition) is 0. The molecule has 2 aromatic rings. The van der Waals surface area contributed by atoms with Crippen molar-refractivity contribution in [3.8, 4) is 0 Å². The molecule has 104 valence electrons. The van der Waals surface area contributed by atoms with Crippen LogP contribution >= 0.6 is 0 Å². The van der Waals surface area contributed by atoms with Crippen molar-refractivity contribution in [2.75, 3.05) is 0 Å². The molecule has 0 heterocycles. The molecule has 0 saturated heterocycles. The summed E-state index contributed by atoms with van der Waals surface area (Å²) in [5, 5.41) is 3.07. The molecule has 2 aromatic carbocycles. The van der Waals surface area contributed by atoms with Crippen LogP contribution in [0.3, 0.4) is 0 Å².